The fourth-order valence-electron chi connectivity index (χ4n) is 3.14. The number of nitrogens with zero attached hydrogens (tertiary/aromatic N) is 2. The Morgan fingerprint density at radius 3 is 2.74 bits per heavy atom. The predicted molar refractivity (Wildman–Crippen MR) is 127 cm³/mol. The lowest BCUT2D eigenvalue weighted by Gasteiger charge is -2.13. The molecule has 1 fully saturated rings. The molecule has 0 aliphatic carbocycles. The second-order valence-corrected chi connectivity index (χ2v) is 8.74. The van der Waals surface area contributed by atoms with Crippen molar-refractivity contribution in [2.75, 3.05) is 13.7 Å². The number of ether oxygens (including phenoxy) is 2. The number of amides is 1. The number of carboxylic acids is 1. The highest BCUT2D eigenvalue weighted by atomic mass is 32.2. The summed E-state index contributed by atoms with van der Waals surface area (Å²) in [5, 5.41) is 20.0. The number of halogens is 1. The van der Waals surface area contributed by atoms with Crippen LogP contribution in [0.1, 0.15) is 24.0 Å². The van der Waals surface area contributed by atoms with Crippen LogP contribution >= 0.6 is 24.0 Å². The van der Waals surface area contributed by atoms with E-state index in [1.807, 2.05) is 0 Å². The molecule has 0 spiro atoms. The molecule has 1 saturated heterocycles. The van der Waals surface area contributed by atoms with Crippen LogP contribution in [-0.2, 0) is 16.2 Å². The fraction of sp³-hybridized carbons (Fsp3) is 0.227. The summed E-state index contributed by atoms with van der Waals surface area (Å²) >= 11 is 6.36. The van der Waals surface area contributed by atoms with Crippen molar-refractivity contribution in [1.29, 1.82) is 0 Å². The van der Waals surface area contributed by atoms with Crippen LogP contribution in [0.5, 0.6) is 11.5 Å². The molecule has 2 aromatic rings. The molecular weight excluding hydrogens is 487 g/mol. The minimum atomic E-state index is -0.947. The number of hydrogen-bond acceptors (Lipinski definition) is 8. The standard InChI is InChI=1S/C22H19FN2O7S2/c1-31-17-7-4-13(10-19-21(28)24(22(33)34-19)8-2-3-20(26)27)9-14(17)12-32-18-11-15(23)5-6-16(18)25(29)30/h4-7,9-11H,2-3,8,12H2,1H3,(H,26,27). The minimum Gasteiger partial charge on any atom is -0.496 e. The lowest BCUT2D eigenvalue weighted by Crippen LogP contribution is -2.29. The van der Waals surface area contributed by atoms with Gasteiger partial charge in [0.15, 0.2) is 5.75 Å². The highest BCUT2D eigenvalue weighted by molar-refractivity contribution is 8.26. The first kappa shape index (κ1) is 25.1. The lowest BCUT2D eigenvalue weighted by molar-refractivity contribution is -0.386. The van der Waals surface area contributed by atoms with Crippen LogP contribution in [0, 0.1) is 15.9 Å². The average molecular weight is 507 g/mol. The van der Waals surface area contributed by atoms with E-state index in [9.17, 15) is 24.1 Å². The highest BCUT2D eigenvalue weighted by Gasteiger charge is 2.31. The maximum absolute atomic E-state index is 13.6. The Hall–Kier alpha value is -3.51. The van der Waals surface area contributed by atoms with Gasteiger partial charge in [0.05, 0.1) is 16.9 Å². The van der Waals surface area contributed by atoms with Gasteiger partial charge in [-0.2, -0.15) is 0 Å². The summed E-state index contributed by atoms with van der Waals surface area (Å²) in [4.78, 5) is 35.7. The Labute approximate surface area is 203 Å². The van der Waals surface area contributed by atoms with Crippen LogP contribution in [0.25, 0.3) is 6.08 Å². The minimum absolute atomic E-state index is 0.0680. The SMILES string of the molecule is COc1ccc(C=C2SC(=S)N(CCCC(=O)O)C2=O)cc1COc1cc(F)ccc1[N+](=O)[O-]. The van der Waals surface area contributed by atoms with E-state index >= 15 is 0 Å². The van der Waals surface area contributed by atoms with Crippen molar-refractivity contribution in [1.82, 2.24) is 4.90 Å². The molecule has 34 heavy (non-hydrogen) atoms. The van der Waals surface area contributed by atoms with Crippen LogP contribution < -0.4 is 9.47 Å². The normalized spacial score (nSPS) is 14.5. The van der Waals surface area contributed by atoms with E-state index in [0.717, 1.165) is 30.0 Å². The molecule has 3 rings (SSSR count). The van der Waals surface area contributed by atoms with E-state index in [4.69, 9.17) is 26.8 Å². The van der Waals surface area contributed by atoms with Crippen molar-refractivity contribution >= 4 is 51.9 Å². The molecule has 12 heteroatoms. The van der Waals surface area contributed by atoms with Gasteiger partial charge in [-0.15, -0.1) is 0 Å². The van der Waals surface area contributed by atoms with Gasteiger partial charge < -0.3 is 14.6 Å². The number of carbonyl (C=O) groups excluding carboxylic acids is 1. The molecule has 1 N–H and O–H groups in total. The van der Waals surface area contributed by atoms with Crippen molar-refractivity contribution in [3.63, 3.8) is 0 Å². The molecule has 0 bridgehead atoms. The molecule has 2 aromatic carbocycles. The summed E-state index contributed by atoms with van der Waals surface area (Å²) in [7, 11) is 1.45. The first-order chi connectivity index (χ1) is 16.2. The summed E-state index contributed by atoms with van der Waals surface area (Å²) in [5.41, 5.74) is 0.772. The summed E-state index contributed by atoms with van der Waals surface area (Å²) < 4.78 is 24.8. The van der Waals surface area contributed by atoms with Gasteiger partial charge in [0.25, 0.3) is 5.91 Å². The van der Waals surface area contributed by atoms with Crippen LogP contribution in [0.2, 0.25) is 0 Å². The van der Waals surface area contributed by atoms with Crippen molar-refractivity contribution < 1.29 is 33.5 Å². The zero-order valence-corrected chi connectivity index (χ0v) is 19.5. The van der Waals surface area contributed by atoms with E-state index in [1.165, 1.54) is 12.0 Å². The number of nitro groups is 1. The number of methoxy groups -OCH3 is 1. The summed E-state index contributed by atoms with van der Waals surface area (Å²) in [6.45, 7) is 0.0632. The maximum Gasteiger partial charge on any atom is 0.311 e. The van der Waals surface area contributed by atoms with Gasteiger partial charge in [-0.25, -0.2) is 4.39 Å². The molecule has 0 radical (unpaired) electrons. The average Bonchev–Trinajstić information content (AvgIpc) is 3.04. The Kier molecular flexibility index (Phi) is 8.18. The first-order valence-electron chi connectivity index (χ1n) is 9.90. The third kappa shape index (κ3) is 6.08. The van der Waals surface area contributed by atoms with Crippen LogP contribution in [0.3, 0.4) is 0 Å². The van der Waals surface area contributed by atoms with Crippen molar-refractivity contribution in [3.05, 3.63) is 68.4 Å². The summed E-state index contributed by atoms with van der Waals surface area (Å²) in [5.74, 6) is -1.72. The number of carboxylic acid groups (broad SMARTS) is 1. The lowest BCUT2D eigenvalue weighted by atomic mass is 10.1. The van der Waals surface area contributed by atoms with E-state index in [2.05, 4.69) is 0 Å². The number of carbonyl (C=O) groups is 2. The molecule has 1 heterocycles. The zero-order chi connectivity index (χ0) is 24.8. The number of rotatable bonds is 10. The van der Waals surface area contributed by atoms with Gasteiger partial charge in [0.1, 0.15) is 22.5 Å². The number of hydrogen-bond donors (Lipinski definition) is 1. The van der Waals surface area contributed by atoms with Gasteiger partial charge in [-0.05, 0) is 36.3 Å². The van der Waals surface area contributed by atoms with Crippen molar-refractivity contribution in [3.8, 4) is 11.5 Å². The number of thiocarbonyl (C=S) groups is 1. The van der Waals surface area contributed by atoms with E-state index in [0.29, 0.717) is 26.1 Å². The molecule has 1 amide bonds. The Morgan fingerprint density at radius 2 is 2.06 bits per heavy atom. The largest absolute Gasteiger partial charge is 0.496 e. The van der Waals surface area contributed by atoms with Gasteiger partial charge in [0.2, 0.25) is 0 Å². The second kappa shape index (κ2) is 11.1. The van der Waals surface area contributed by atoms with Gasteiger partial charge >= 0.3 is 11.7 Å². The number of nitro benzene ring substituents is 1. The molecule has 0 unspecified atom stereocenters. The maximum atomic E-state index is 13.6. The Bertz CT molecular complexity index is 1190. The predicted octanol–water partition coefficient (Wildman–Crippen LogP) is 4.39. The van der Waals surface area contributed by atoms with Crippen LogP contribution in [-0.4, -0.2) is 44.8 Å². The molecule has 178 valence electrons. The van der Waals surface area contributed by atoms with Crippen molar-refractivity contribution in [2.45, 2.75) is 19.4 Å². The van der Waals surface area contributed by atoms with Gasteiger partial charge in [-0.1, -0.05) is 30.0 Å². The first-order valence-corrected chi connectivity index (χ1v) is 11.1. The summed E-state index contributed by atoms with van der Waals surface area (Å²) in [6, 6.07) is 7.98. The molecule has 1 aliphatic rings. The molecule has 0 saturated carbocycles. The van der Waals surface area contributed by atoms with Gasteiger partial charge in [0, 0.05) is 30.7 Å². The fourth-order valence-corrected chi connectivity index (χ4v) is 4.45. The third-order valence-electron chi connectivity index (χ3n) is 4.75. The smallest absolute Gasteiger partial charge is 0.311 e. The quantitative estimate of drug-likeness (QED) is 0.217. The van der Waals surface area contributed by atoms with Crippen LogP contribution in [0.15, 0.2) is 41.3 Å². The number of thioether (sulfide) groups is 1. The van der Waals surface area contributed by atoms with Crippen molar-refractivity contribution in [2.24, 2.45) is 0 Å². The zero-order valence-electron chi connectivity index (χ0n) is 17.9. The Balaban J connectivity index is 1.79. The molecule has 0 aromatic heterocycles. The molecule has 0 atom stereocenters. The highest BCUT2D eigenvalue weighted by Crippen LogP contribution is 2.34. The molecule has 9 nitrogen and oxygen atoms in total. The van der Waals surface area contributed by atoms with E-state index in [1.54, 1.807) is 24.3 Å². The molecule has 1 aliphatic heterocycles. The van der Waals surface area contributed by atoms with Gasteiger partial charge in [-0.3, -0.25) is 24.6 Å². The third-order valence-corrected chi connectivity index (χ3v) is 6.13. The summed E-state index contributed by atoms with van der Waals surface area (Å²) in [6.07, 6.45) is 1.84. The number of aliphatic carboxylic acids is 1. The monoisotopic (exact) mass is 506 g/mol. The Morgan fingerprint density at radius 1 is 1.29 bits per heavy atom. The number of benzene rings is 2. The van der Waals surface area contributed by atoms with E-state index < -0.39 is 16.7 Å². The second-order valence-electron chi connectivity index (χ2n) is 7.06. The van der Waals surface area contributed by atoms with E-state index in [-0.39, 0.29) is 43.3 Å². The van der Waals surface area contributed by atoms with Crippen LogP contribution in [0.4, 0.5) is 10.1 Å². The topological polar surface area (TPSA) is 119 Å². The molecular formula is C22H19FN2O7S2.